The van der Waals surface area contributed by atoms with Crippen LogP contribution < -0.4 is 5.32 Å². The third-order valence-electron chi connectivity index (χ3n) is 2.93. The lowest BCUT2D eigenvalue weighted by Crippen LogP contribution is -2.44. The molecule has 2 unspecified atom stereocenters. The maximum atomic E-state index is 12.0. The molecule has 0 bridgehead atoms. The Balaban J connectivity index is 2.65. The van der Waals surface area contributed by atoms with Crippen LogP contribution >= 0.6 is 0 Å². The average Bonchev–Trinajstić information content (AvgIpc) is 2.29. The number of hydrogen-bond donors (Lipinski definition) is 1. The molecule has 0 aromatic heterocycles. The van der Waals surface area contributed by atoms with E-state index in [1.807, 2.05) is 11.9 Å². The Morgan fingerprint density at radius 3 is 2.79 bits per heavy atom. The summed E-state index contributed by atoms with van der Waals surface area (Å²) < 4.78 is 0. The third kappa shape index (κ3) is 2.71. The van der Waals surface area contributed by atoms with Crippen molar-refractivity contribution in [2.45, 2.75) is 39.2 Å². The molecule has 0 radical (unpaired) electrons. The summed E-state index contributed by atoms with van der Waals surface area (Å²) in [5.41, 5.74) is 0. The quantitative estimate of drug-likeness (QED) is 0.740. The second-order valence-electron chi connectivity index (χ2n) is 4.31. The molecule has 0 aromatic rings. The van der Waals surface area contributed by atoms with Crippen LogP contribution in [-0.4, -0.2) is 37.0 Å². The molecule has 1 saturated heterocycles. The van der Waals surface area contributed by atoms with Gasteiger partial charge < -0.3 is 10.2 Å². The van der Waals surface area contributed by atoms with Crippen LogP contribution in [0.2, 0.25) is 0 Å². The van der Waals surface area contributed by atoms with Crippen LogP contribution in [0.4, 0.5) is 0 Å². The summed E-state index contributed by atoms with van der Waals surface area (Å²) in [4.78, 5) is 14.0. The number of amides is 1. The van der Waals surface area contributed by atoms with Gasteiger partial charge in [-0.25, -0.2) is 0 Å². The first kappa shape index (κ1) is 11.5. The molecule has 2 atom stereocenters. The number of rotatable bonds is 3. The minimum absolute atomic E-state index is 0.0477. The van der Waals surface area contributed by atoms with E-state index in [1.54, 1.807) is 0 Å². The van der Waals surface area contributed by atoms with E-state index in [1.165, 1.54) is 0 Å². The smallest absolute Gasteiger partial charge is 0.239 e. The second-order valence-corrected chi connectivity index (χ2v) is 4.31. The number of nitrogens with one attached hydrogen (secondary N) is 1. The zero-order valence-corrected chi connectivity index (χ0v) is 9.55. The zero-order chi connectivity index (χ0) is 10.6. The largest absolute Gasteiger partial charge is 0.341 e. The van der Waals surface area contributed by atoms with Gasteiger partial charge in [0.15, 0.2) is 0 Å². The lowest BCUT2D eigenvalue weighted by molar-refractivity contribution is -0.133. The molecular weight excluding hydrogens is 176 g/mol. The number of likely N-dealkylation sites (tertiary alicyclic amines) is 1. The summed E-state index contributed by atoms with van der Waals surface area (Å²) in [5.74, 6) is 0.933. The fourth-order valence-corrected chi connectivity index (χ4v) is 2.09. The van der Waals surface area contributed by atoms with Crippen molar-refractivity contribution in [2.24, 2.45) is 5.92 Å². The summed E-state index contributed by atoms with van der Waals surface area (Å²) >= 11 is 0. The summed E-state index contributed by atoms with van der Waals surface area (Å²) in [6.45, 7) is 6.19. The van der Waals surface area contributed by atoms with Crippen molar-refractivity contribution in [1.29, 1.82) is 0 Å². The molecule has 0 saturated carbocycles. The zero-order valence-electron chi connectivity index (χ0n) is 9.55. The maximum Gasteiger partial charge on any atom is 0.239 e. The van der Waals surface area contributed by atoms with Gasteiger partial charge in [-0.3, -0.25) is 4.79 Å². The molecule has 0 aromatic carbocycles. The Hall–Kier alpha value is -0.570. The normalized spacial score (nSPS) is 29.1. The topological polar surface area (TPSA) is 32.3 Å². The summed E-state index contributed by atoms with van der Waals surface area (Å²) in [6.07, 6.45) is 3.18. The highest BCUT2D eigenvalue weighted by molar-refractivity contribution is 5.82. The van der Waals surface area contributed by atoms with Gasteiger partial charge in [-0.15, -0.1) is 0 Å². The molecule has 0 aliphatic carbocycles. The van der Waals surface area contributed by atoms with Crippen molar-refractivity contribution in [1.82, 2.24) is 10.2 Å². The summed E-state index contributed by atoms with van der Waals surface area (Å²) in [7, 11) is 1.88. The number of likely N-dealkylation sites (N-methyl/N-ethyl adjacent to an activating group) is 1. The van der Waals surface area contributed by atoms with Crippen LogP contribution in [0.15, 0.2) is 0 Å². The standard InChI is InChI=1S/C11H22N2O/c1-4-7-13-8-9(2)5-6-10(12-3)11(13)14/h9-10,12H,4-8H2,1-3H3. The Morgan fingerprint density at radius 2 is 2.21 bits per heavy atom. The minimum Gasteiger partial charge on any atom is -0.341 e. The third-order valence-corrected chi connectivity index (χ3v) is 2.93. The molecule has 1 aliphatic rings. The predicted octanol–water partition coefficient (Wildman–Crippen LogP) is 1.24. The monoisotopic (exact) mass is 198 g/mol. The van der Waals surface area contributed by atoms with Gasteiger partial charge in [0, 0.05) is 13.1 Å². The van der Waals surface area contributed by atoms with E-state index in [2.05, 4.69) is 19.2 Å². The van der Waals surface area contributed by atoms with Gasteiger partial charge in [0.05, 0.1) is 6.04 Å². The first-order valence-corrected chi connectivity index (χ1v) is 5.65. The van der Waals surface area contributed by atoms with Crippen LogP contribution in [0.5, 0.6) is 0 Å². The van der Waals surface area contributed by atoms with Gasteiger partial charge in [-0.1, -0.05) is 13.8 Å². The first-order chi connectivity index (χ1) is 6.69. The molecule has 3 nitrogen and oxygen atoms in total. The SMILES string of the molecule is CCCN1CC(C)CCC(NC)C1=O. The van der Waals surface area contributed by atoms with Crippen molar-refractivity contribution < 1.29 is 4.79 Å². The Morgan fingerprint density at radius 1 is 1.50 bits per heavy atom. The first-order valence-electron chi connectivity index (χ1n) is 5.65. The van der Waals surface area contributed by atoms with Crippen molar-refractivity contribution in [3.63, 3.8) is 0 Å². The highest BCUT2D eigenvalue weighted by Crippen LogP contribution is 2.17. The summed E-state index contributed by atoms with van der Waals surface area (Å²) in [5, 5.41) is 3.11. The molecule has 1 aliphatic heterocycles. The number of nitrogens with zero attached hydrogens (tertiary/aromatic N) is 1. The van der Waals surface area contributed by atoms with E-state index >= 15 is 0 Å². The van der Waals surface area contributed by atoms with Crippen molar-refractivity contribution in [3.05, 3.63) is 0 Å². The summed E-state index contributed by atoms with van der Waals surface area (Å²) in [6, 6.07) is 0.0477. The lowest BCUT2D eigenvalue weighted by Gasteiger charge is -2.24. The fraction of sp³-hybridized carbons (Fsp3) is 0.909. The highest BCUT2D eigenvalue weighted by atomic mass is 16.2. The van der Waals surface area contributed by atoms with E-state index in [0.29, 0.717) is 11.8 Å². The molecule has 1 rings (SSSR count). The molecule has 82 valence electrons. The van der Waals surface area contributed by atoms with Crippen LogP contribution in [0, 0.1) is 5.92 Å². The fourth-order valence-electron chi connectivity index (χ4n) is 2.09. The molecule has 14 heavy (non-hydrogen) atoms. The van der Waals surface area contributed by atoms with Crippen molar-refractivity contribution in [3.8, 4) is 0 Å². The van der Waals surface area contributed by atoms with E-state index < -0.39 is 0 Å². The van der Waals surface area contributed by atoms with Crippen LogP contribution in [0.3, 0.4) is 0 Å². The number of hydrogen-bond acceptors (Lipinski definition) is 2. The van der Waals surface area contributed by atoms with Gasteiger partial charge in [0.1, 0.15) is 0 Å². The molecule has 3 heteroatoms. The Bertz CT molecular complexity index is 194. The minimum atomic E-state index is 0.0477. The molecule has 1 amide bonds. The van der Waals surface area contributed by atoms with Crippen LogP contribution in [-0.2, 0) is 4.79 Å². The molecule has 1 fully saturated rings. The Labute approximate surface area is 86.9 Å². The van der Waals surface area contributed by atoms with Gasteiger partial charge in [0.2, 0.25) is 5.91 Å². The van der Waals surface area contributed by atoms with Gasteiger partial charge >= 0.3 is 0 Å². The van der Waals surface area contributed by atoms with Gasteiger partial charge in [-0.2, -0.15) is 0 Å². The van der Waals surface area contributed by atoms with Crippen LogP contribution in [0.25, 0.3) is 0 Å². The number of carbonyl (C=O) groups excluding carboxylic acids is 1. The molecule has 0 spiro atoms. The predicted molar refractivity (Wildman–Crippen MR) is 58.1 cm³/mol. The molecule has 1 N–H and O–H groups in total. The molecule has 1 heterocycles. The van der Waals surface area contributed by atoms with Crippen molar-refractivity contribution in [2.75, 3.05) is 20.1 Å². The van der Waals surface area contributed by atoms with E-state index in [0.717, 1.165) is 32.4 Å². The van der Waals surface area contributed by atoms with Crippen molar-refractivity contribution >= 4 is 5.91 Å². The lowest BCUT2D eigenvalue weighted by atomic mass is 10.0. The van der Waals surface area contributed by atoms with Gasteiger partial charge in [0.25, 0.3) is 0 Å². The van der Waals surface area contributed by atoms with E-state index in [9.17, 15) is 4.79 Å². The highest BCUT2D eigenvalue weighted by Gasteiger charge is 2.27. The number of carbonyl (C=O) groups is 1. The second kappa shape index (κ2) is 5.35. The maximum absolute atomic E-state index is 12.0. The van der Waals surface area contributed by atoms with E-state index in [4.69, 9.17) is 0 Å². The Kier molecular flexibility index (Phi) is 4.39. The van der Waals surface area contributed by atoms with Gasteiger partial charge in [-0.05, 0) is 32.2 Å². The average molecular weight is 198 g/mol. The van der Waals surface area contributed by atoms with Crippen LogP contribution in [0.1, 0.15) is 33.1 Å². The molecular formula is C11H22N2O. The van der Waals surface area contributed by atoms with E-state index in [-0.39, 0.29) is 6.04 Å².